The van der Waals surface area contributed by atoms with Gasteiger partial charge in [0.15, 0.2) is 0 Å². The maximum absolute atomic E-state index is 12.1. The van der Waals surface area contributed by atoms with E-state index in [-0.39, 0.29) is 28.0 Å². The molecule has 0 aliphatic carbocycles. The lowest BCUT2D eigenvalue weighted by molar-refractivity contribution is 0.459. The van der Waals surface area contributed by atoms with E-state index in [1.165, 1.54) is 6.07 Å². The van der Waals surface area contributed by atoms with Gasteiger partial charge in [0.2, 0.25) is 9.84 Å². The zero-order valence-electron chi connectivity index (χ0n) is 8.84. The zero-order chi connectivity index (χ0) is 11.9. The van der Waals surface area contributed by atoms with Crippen molar-refractivity contribution in [3.8, 4) is 5.75 Å². The van der Waals surface area contributed by atoms with Crippen LogP contribution in [0.15, 0.2) is 28.0 Å². The molecular formula is C11H13NO3S. The predicted molar refractivity (Wildman–Crippen MR) is 61.5 cm³/mol. The number of nitrogens with two attached hydrogens (primary N) is 1. The van der Waals surface area contributed by atoms with Gasteiger partial charge in [-0.3, -0.25) is 0 Å². The highest BCUT2D eigenvalue weighted by atomic mass is 32.2. The van der Waals surface area contributed by atoms with Crippen molar-refractivity contribution in [2.24, 2.45) is 5.73 Å². The molecular weight excluding hydrogens is 226 g/mol. The molecule has 0 radical (unpaired) electrons. The van der Waals surface area contributed by atoms with E-state index in [1.54, 1.807) is 25.1 Å². The third-order valence-corrected chi connectivity index (χ3v) is 4.44. The number of rotatable bonds is 2. The molecule has 0 spiro atoms. The van der Waals surface area contributed by atoms with Crippen LogP contribution in [0.4, 0.5) is 0 Å². The summed E-state index contributed by atoms with van der Waals surface area (Å²) in [5, 5.41) is 9.58. The summed E-state index contributed by atoms with van der Waals surface area (Å²) in [5.41, 5.74) is 6.14. The molecule has 1 aromatic rings. The maximum Gasteiger partial charge on any atom is 0.207 e. The molecule has 1 aliphatic rings. The van der Waals surface area contributed by atoms with Crippen LogP contribution in [0.25, 0.3) is 6.08 Å². The first-order valence-corrected chi connectivity index (χ1v) is 6.44. The van der Waals surface area contributed by atoms with Gasteiger partial charge in [0, 0.05) is 6.04 Å². The first-order chi connectivity index (χ1) is 7.43. The Bertz CT molecular complexity index is 559. The molecule has 0 aromatic heterocycles. The lowest BCUT2D eigenvalue weighted by Gasteiger charge is -2.07. The Morgan fingerprint density at radius 2 is 2.12 bits per heavy atom. The minimum absolute atomic E-state index is 0.00523. The van der Waals surface area contributed by atoms with Crippen molar-refractivity contribution in [3.05, 3.63) is 28.7 Å². The Hall–Kier alpha value is -1.33. The van der Waals surface area contributed by atoms with E-state index in [0.29, 0.717) is 5.56 Å². The fraction of sp³-hybridized carbons (Fsp3) is 0.273. The fourth-order valence-corrected chi connectivity index (χ4v) is 3.62. The van der Waals surface area contributed by atoms with E-state index in [2.05, 4.69) is 0 Å². The number of benzene rings is 1. The Kier molecular flexibility index (Phi) is 2.52. The molecule has 16 heavy (non-hydrogen) atoms. The van der Waals surface area contributed by atoms with Gasteiger partial charge in [-0.05, 0) is 31.1 Å². The van der Waals surface area contributed by atoms with Crippen molar-refractivity contribution in [1.29, 1.82) is 0 Å². The highest BCUT2D eigenvalue weighted by Crippen LogP contribution is 2.39. The Balaban J connectivity index is 2.56. The second-order valence-electron chi connectivity index (χ2n) is 3.99. The number of aromatic hydroxyl groups is 1. The maximum atomic E-state index is 12.1. The first-order valence-electron chi connectivity index (χ1n) is 4.96. The predicted octanol–water partition coefficient (Wildman–Crippen LogP) is 1.26. The summed E-state index contributed by atoms with van der Waals surface area (Å²) in [6, 6.07) is 4.44. The number of hydrogen-bond acceptors (Lipinski definition) is 4. The van der Waals surface area contributed by atoms with Crippen LogP contribution < -0.4 is 5.73 Å². The molecule has 2 rings (SSSR count). The van der Waals surface area contributed by atoms with Crippen molar-refractivity contribution in [2.45, 2.75) is 24.3 Å². The van der Waals surface area contributed by atoms with E-state index in [9.17, 15) is 13.5 Å². The highest BCUT2D eigenvalue weighted by Gasteiger charge is 2.32. The summed E-state index contributed by atoms with van der Waals surface area (Å²) in [6.07, 6.45) is 1.87. The Morgan fingerprint density at radius 1 is 1.44 bits per heavy atom. The van der Waals surface area contributed by atoms with Crippen LogP contribution >= 0.6 is 0 Å². The normalized spacial score (nSPS) is 19.0. The highest BCUT2D eigenvalue weighted by molar-refractivity contribution is 7.96. The van der Waals surface area contributed by atoms with Gasteiger partial charge in [-0.25, -0.2) is 8.42 Å². The van der Waals surface area contributed by atoms with Crippen molar-refractivity contribution in [1.82, 2.24) is 0 Å². The molecule has 1 heterocycles. The number of fused-ring (bicyclic) bond motifs is 1. The van der Waals surface area contributed by atoms with Gasteiger partial charge < -0.3 is 10.8 Å². The number of phenols is 1. The molecule has 1 aliphatic heterocycles. The molecule has 4 nitrogen and oxygen atoms in total. The van der Waals surface area contributed by atoms with Crippen molar-refractivity contribution in [2.75, 3.05) is 0 Å². The molecule has 86 valence electrons. The van der Waals surface area contributed by atoms with Crippen LogP contribution in [0.1, 0.15) is 18.9 Å². The molecule has 0 saturated carbocycles. The van der Waals surface area contributed by atoms with Crippen molar-refractivity contribution in [3.63, 3.8) is 0 Å². The molecule has 0 fully saturated rings. The second-order valence-corrected chi connectivity index (χ2v) is 5.93. The topological polar surface area (TPSA) is 80.4 Å². The standard InChI is InChI=1S/C11H13NO3S/c1-7(12)5-9-6-8-3-2-4-10(13)11(8)16(9,14)15/h2-4,6-7,13H,5,12H2,1H3. The molecule has 0 bridgehead atoms. The van der Waals surface area contributed by atoms with E-state index in [1.807, 2.05) is 0 Å². The summed E-state index contributed by atoms with van der Waals surface area (Å²) in [4.78, 5) is 0.282. The largest absolute Gasteiger partial charge is 0.507 e. The molecule has 5 heteroatoms. The first kappa shape index (κ1) is 11.2. The lowest BCUT2D eigenvalue weighted by atomic mass is 10.1. The van der Waals surface area contributed by atoms with Crippen LogP contribution in [-0.4, -0.2) is 19.6 Å². The molecule has 0 saturated heterocycles. The smallest absolute Gasteiger partial charge is 0.207 e. The van der Waals surface area contributed by atoms with Crippen molar-refractivity contribution >= 4 is 15.9 Å². The minimum atomic E-state index is -3.54. The van der Waals surface area contributed by atoms with E-state index < -0.39 is 9.84 Å². The van der Waals surface area contributed by atoms with E-state index in [4.69, 9.17) is 5.73 Å². The van der Waals surface area contributed by atoms with Crippen LogP contribution in [0.3, 0.4) is 0 Å². The minimum Gasteiger partial charge on any atom is -0.507 e. The third-order valence-electron chi connectivity index (χ3n) is 2.48. The molecule has 1 atom stereocenters. The second kappa shape index (κ2) is 3.61. The summed E-state index contributed by atoms with van der Waals surface area (Å²) < 4.78 is 24.1. The van der Waals surface area contributed by atoms with Crippen LogP contribution in [0, 0.1) is 0 Å². The molecule has 1 unspecified atom stereocenters. The van der Waals surface area contributed by atoms with Crippen LogP contribution in [-0.2, 0) is 9.84 Å². The zero-order valence-corrected chi connectivity index (χ0v) is 9.66. The number of hydrogen-bond donors (Lipinski definition) is 2. The van der Waals surface area contributed by atoms with Crippen LogP contribution in [0.2, 0.25) is 0 Å². The third kappa shape index (κ3) is 1.62. The fourth-order valence-electron chi connectivity index (χ4n) is 1.82. The molecule has 1 aromatic carbocycles. The average Bonchev–Trinajstić information content (AvgIpc) is 2.38. The van der Waals surface area contributed by atoms with E-state index in [0.717, 1.165) is 0 Å². The monoisotopic (exact) mass is 239 g/mol. The van der Waals surface area contributed by atoms with Gasteiger partial charge in [-0.15, -0.1) is 0 Å². The van der Waals surface area contributed by atoms with Gasteiger partial charge in [0.1, 0.15) is 10.6 Å². The molecule has 0 amide bonds. The Labute approximate surface area is 94.3 Å². The Morgan fingerprint density at radius 3 is 2.69 bits per heavy atom. The lowest BCUT2D eigenvalue weighted by Crippen LogP contribution is -2.17. The summed E-state index contributed by atoms with van der Waals surface area (Å²) >= 11 is 0. The number of phenolic OH excluding ortho intramolecular Hbond substituents is 1. The van der Waals surface area contributed by atoms with Gasteiger partial charge in [0.25, 0.3) is 0 Å². The summed E-state index contributed by atoms with van der Waals surface area (Å²) in [5.74, 6) is -0.201. The SMILES string of the molecule is CC(N)CC1=Cc2cccc(O)c2S1(=O)=O. The van der Waals surface area contributed by atoms with Crippen molar-refractivity contribution < 1.29 is 13.5 Å². The average molecular weight is 239 g/mol. The summed E-state index contributed by atoms with van der Waals surface area (Å²) in [6.45, 7) is 1.75. The van der Waals surface area contributed by atoms with Gasteiger partial charge >= 0.3 is 0 Å². The number of sulfone groups is 1. The summed E-state index contributed by atoms with van der Waals surface area (Å²) in [7, 11) is -3.54. The quantitative estimate of drug-likeness (QED) is 0.814. The van der Waals surface area contributed by atoms with Crippen LogP contribution in [0.5, 0.6) is 5.75 Å². The van der Waals surface area contributed by atoms with Gasteiger partial charge in [-0.2, -0.15) is 0 Å². The molecule has 3 N–H and O–H groups in total. The van der Waals surface area contributed by atoms with Gasteiger partial charge in [0.05, 0.1) is 4.91 Å². The van der Waals surface area contributed by atoms with E-state index >= 15 is 0 Å². The van der Waals surface area contributed by atoms with Gasteiger partial charge in [-0.1, -0.05) is 12.1 Å².